The van der Waals surface area contributed by atoms with Crippen LogP contribution in [0.5, 0.6) is 0 Å². The number of hydrogen-bond donors (Lipinski definition) is 2. The Labute approximate surface area is 81.9 Å². The minimum Gasteiger partial charge on any atom is -0.477 e. The summed E-state index contributed by atoms with van der Waals surface area (Å²) in [6.45, 7) is 4.97. The van der Waals surface area contributed by atoms with Crippen molar-refractivity contribution in [3.63, 3.8) is 0 Å². The first kappa shape index (κ1) is 10.5. The molecule has 0 spiro atoms. The number of ketones is 1. The standard InChI is InChI=1S/C10H13NO3/c1-4-7-8(6(3)12)5(2)9(11-7)10(13)14/h11H,4H2,1-3H3,(H,13,14). The van der Waals surface area contributed by atoms with Crippen molar-refractivity contribution in [2.24, 2.45) is 0 Å². The molecule has 76 valence electrons. The van der Waals surface area contributed by atoms with E-state index in [1.165, 1.54) is 6.92 Å². The Balaban J connectivity index is 3.40. The summed E-state index contributed by atoms with van der Waals surface area (Å²) in [5.41, 5.74) is 1.87. The van der Waals surface area contributed by atoms with E-state index >= 15 is 0 Å². The van der Waals surface area contributed by atoms with Crippen molar-refractivity contribution in [3.05, 3.63) is 22.5 Å². The molecule has 0 atom stereocenters. The van der Waals surface area contributed by atoms with Gasteiger partial charge in [-0.3, -0.25) is 4.79 Å². The van der Waals surface area contributed by atoms with E-state index in [0.29, 0.717) is 23.2 Å². The lowest BCUT2D eigenvalue weighted by Crippen LogP contribution is -2.00. The maximum atomic E-state index is 11.3. The van der Waals surface area contributed by atoms with Gasteiger partial charge in [0.25, 0.3) is 0 Å². The molecule has 14 heavy (non-hydrogen) atoms. The van der Waals surface area contributed by atoms with E-state index in [9.17, 15) is 9.59 Å². The van der Waals surface area contributed by atoms with Crippen LogP contribution in [0.2, 0.25) is 0 Å². The average Bonchev–Trinajstić information content (AvgIpc) is 2.42. The fraction of sp³-hybridized carbons (Fsp3) is 0.400. The lowest BCUT2D eigenvalue weighted by molar-refractivity contribution is 0.0690. The highest BCUT2D eigenvalue weighted by Gasteiger charge is 2.19. The zero-order valence-electron chi connectivity index (χ0n) is 8.47. The van der Waals surface area contributed by atoms with Gasteiger partial charge < -0.3 is 10.1 Å². The van der Waals surface area contributed by atoms with Gasteiger partial charge in [0.15, 0.2) is 5.78 Å². The van der Waals surface area contributed by atoms with Crippen LogP contribution in [0.25, 0.3) is 0 Å². The molecule has 0 fully saturated rings. The number of aromatic carboxylic acids is 1. The van der Waals surface area contributed by atoms with Gasteiger partial charge in [-0.25, -0.2) is 4.79 Å². The third kappa shape index (κ3) is 1.55. The molecule has 2 N–H and O–H groups in total. The number of nitrogens with one attached hydrogen (secondary N) is 1. The first-order chi connectivity index (χ1) is 6.49. The number of hydrogen-bond acceptors (Lipinski definition) is 2. The average molecular weight is 195 g/mol. The highest BCUT2D eigenvalue weighted by molar-refractivity contribution is 6.00. The van der Waals surface area contributed by atoms with E-state index in [4.69, 9.17) is 5.11 Å². The first-order valence-corrected chi connectivity index (χ1v) is 4.44. The second-order valence-electron chi connectivity index (χ2n) is 3.19. The molecular weight excluding hydrogens is 182 g/mol. The van der Waals surface area contributed by atoms with Crippen molar-refractivity contribution < 1.29 is 14.7 Å². The van der Waals surface area contributed by atoms with Gasteiger partial charge in [-0.1, -0.05) is 6.92 Å². The molecule has 0 saturated heterocycles. The quantitative estimate of drug-likeness (QED) is 0.722. The van der Waals surface area contributed by atoms with Crippen molar-refractivity contribution in [1.29, 1.82) is 0 Å². The van der Waals surface area contributed by atoms with Crippen LogP contribution >= 0.6 is 0 Å². The highest BCUT2D eigenvalue weighted by atomic mass is 16.4. The fourth-order valence-corrected chi connectivity index (χ4v) is 1.61. The van der Waals surface area contributed by atoms with Crippen LogP contribution in [-0.2, 0) is 6.42 Å². The molecule has 1 rings (SSSR count). The number of carboxylic acids is 1. The summed E-state index contributed by atoms with van der Waals surface area (Å²) in [6.07, 6.45) is 0.628. The lowest BCUT2D eigenvalue weighted by Gasteiger charge is -1.96. The van der Waals surface area contributed by atoms with Gasteiger partial charge >= 0.3 is 5.97 Å². The largest absolute Gasteiger partial charge is 0.477 e. The second kappa shape index (κ2) is 3.65. The predicted octanol–water partition coefficient (Wildman–Crippen LogP) is 1.79. The monoisotopic (exact) mass is 195 g/mol. The molecule has 1 aromatic heterocycles. The zero-order chi connectivity index (χ0) is 10.9. The SMILES string of the molecule is CCc1[nH]c(C(=O)O)c(C)c1C(C)=O. The maximum absolute atomic E-state index is 11.3. The number of Topliss-reactive ketones (excluding diaryl/α,β-unsaturated/α-hetero) is 1. The van der Waals surface area contributed by atoms with E-state index < -0.39 is 5.97 Å². The third-order valence-electron chi connectivity index (χ3n) is 2.25. The molecule has 0 amide bonds. The molecule has 1 heterocycles. The summed E-state index contributed by atoms with van der Waals surface area (Å²) in [6, 6.07) is 0. The van der Waals surface area contributed by atoms with Crippen molar-refractivity contribution in [2.75, 3.05) is 0 Å². The minimum absolute atomic E-state index is 0.0944. The molecule has 0 radical (unpaired) electrons. The molecule has 4 nitrogen and oxygen atoms in total. The van der Waals surface area contributed by atoms with E-state index in [-0.39, 0.29) is 11.5 Å². The van der Waals surface area contributed by atoms with Gasteiger partial charge in [0.1, 0.15) is 5.69 Å². The molecule has 0 aliphatic carbocycles. The van der Waals surface area contributed by atoms with Crippen molar-refractivity contribution >= 4 is 11.8 Å². The Kier molecular flexibility index (Phi) is 2.74. The van der Waals surface area contributed by atoms with E-state index in [2.05, 4.69) is 4.98 Å². The minimum atomic E-state index is -1.02. The Bertz CT molecular complexity index is 390. The van der Waals surface area contributed by atoms with Gasteiger partial charge in [-0.05, 0) is 25.8 Å². The molecule has 0 unspecified atom stereocenters. The zero-order valence-corrected chi connectivity index (χ0v) is 8.47. The Morgan fingerprint density at radius 3 is 2.29 bits per heavy atom. The molecule has 0 aliphatic heterocycles. The summed E-state index contributed by atoms with van der Waals surface area (Å²) in [5, 5.41) is 8.84. The Morgan fingerprint density at radius 2 is 2.00 bits per heavy atom. The van der Waals surface area contributed by atoms with E-state index in [0.717, 1.165) is 0 Å². The maximum Gasteiger partial charge on any atom is 0.352 e. The number of carbonyl (C=O) groups excluding carboxylic acids is 1. The second-order valence-corrected chi connectivity index (χ2v) is 3.19. The lowest BCUT2D eigenvalue weighted by atomic mass is 10.1. The predicted molar refractivity (Wildman–Crippen MR) is 51.9 cm³/mol. The Hall–Kier alpha value is -1.58. The summed E-state index contributed by atoms with van der Waals surface area (Å²) >= 11 is 0. The molecule has 0 aromatic carbocycles. The Morgan fingerprint density at radius 1 is 1.43 bits per heavy atom. The fourth-order valence-electron chi connectivity index (χ4n) is 1.61. The number of carboxylic acid groups (broad SMARTS) is 1. The number of rotatable bonds is 3. The molecule has 0 saturated carbocycles. The molecule has 0 aliphatic rings. The van der Waals surface area contributed by atoms with Crippen LogP contribution in [0.15, 0.2) is 0 Å². The van der Waals surface area contributed by atoms with Gasteiger partial charge in [0.05, 0.1) is 0 Å². The van der Waals surface area contributed by atoms with Crippen LogP contribution in [0.4, 0.5) is 0 Å². The summed E-state index contributed by atoms with van der Waals surface area (Å²) in [4.78, 5) is 24.8. The van der Waals surface area contributed by atoms with Crippen molar-refractivity contribution in [2.45, 2.75) is 27.2 Å². The topological polar surface area (TPSA) is 70.2 Å². The summed E-state index contributed by atoms with van der Waals surface area (Å²) in [5.74, 6) is -1.12. The molecule has 1 aromatic rings. The van der Waals surface area contributed by atoms with Crippen LogP contribution in [0.3, 0.4) is 0 Å². The van der Waals surface area contributed by atoms with E-state index in [1.54, 1.807) is 6.92 Å². The number of aromatic amines is 1. The van der Waals surface area contributed by atoms with Crippen LogP contribution in [0.1, 0.15) is 46.0 Å². The van der Waals surface area contributed by atoms with Crippen molar-refractivity contribution in [3.8, 4) is 0 Å². The number of H-pyrrole nitrogens is 1. The number of aryl methyl sites for hydroxylation is 1. The summed E-state index contributed by atoms with van der Waals surface area (Å²) < 4.78 is 0. The smallest absolute Gasteiger partial charge is 0.352 e. The molecule has 4 heteroatoms. The molecular formula is C10H13NO3. The van der Waals surface area contributed by atoms with Crippen LogP contribution < -0.4 is 0 Å². The van der Waals surface area contributed by atoms with Crippen LogP contribution in [0, 0.1) is 6.92 Å². The number of aromatic nitrogens is 1. The van der Waals surface area contributed by atoms with Crippen molar-refractivity contribution in [1.82, 2.24) is 4.98 Å². The normalized spacial score (nSPS) is 10.2. The molecule has 0 bridgehead atoms. The summed E-state index contributed by atoms with van der Waals surface area (Å²) in [7, 11) is 0. The van der Waals surface area contributed by atoms with E-state index in [1.807, 2.05) is 6.92 Å². The van der Waals surface area contributed by atoms with Gasteiger partial charge in [0.2, 0.25) is 0 Å². The van der Waals surface area contributed by atoms with Gasteiger partial charge in [0, 0.05) is 11.3 Å². The third-order valence-corrected chi connectivity index (χ3v) is 2.25. The van der Waals surface area contributed by atoms with Gasteiger partial charge in [-0.15, -0.1) is 0 Å². The highest BCUT2D eigenvalue weighted by Crippen LogP contribution is 2.19. The van der Waals surface area contributed by atoms with Crippen LogP contribution in [-0.4, -0.2) is 21.8 Å². The number of carbonyl (C=O) groups is 2. The first-order valence-electron chi connectivity index (χ1n) is 4.44. The van der Waals surface area contributed by atoms with Gasteiger partial charge in [-0.2, -0.15) is 0 Å².